The first-order valence-electron chi connectivity index (χ1n) is 5.19. The van der Waals surface area contributed by atoms with E-state index in [1.165, 1.54) is 0 Å². The number of hydrogen-bond donors (Lipinski definition) is 1. The van der Waals surface area contributed by atoms with Crippen molar-refractivity contribution in [3.8, 4) is 0 Å². The Hall–Kier alpha value is 0.0500. The molecular formula is C12H16Cl3N. The highest BCUT2D eigenvalue weighted by Gasteiger charge is 2.16. The van der Waals surface area contributed by atoms with E-state index in [0.29, 0.717) is 15.9 Å². The Labute approximate surface area is 112 Å². The van der Waals surface area contributed by atoms with Gasteiger partial charge in [-0.2, -0.15) is 0 Å². The van der Waals surface area contributed by atoms with Crippen LogP contribution in [0.5, 0.6) is 0 Å². The van der Waals surface area contributed by atoms with Crippen molar-refractivity contribution in [2.24, 2.45) is 0 Å². The molecule has 0 aliphatic carbocycles. The molecular weight excluding hydrogens is 264 g/mol. The first kappa shape index (κ1) is 14.1. The Balaban J connectivity index is 2.61. The van der Waals surface area contributed by atoms with Gasteiger partial charge in [0, 0.05) is 28.0 Å². The summed E-state index contributed by atoms with van der Waals surface area (Å²) in [6, 6.07) is 5.54. The smallest absolute Gasteiger partial charge is 0.0465 e. The van der Waals surface area contributed by atoms with Gasteiger partial charge in [-0.1, -0.05) is 29.3 Å². The minimum atomic E-state index is 0.0186. The largest absolute Gasteiger partial charge is 0.308 e. The molecule has 0 amide bonds. The van der Waals surface area contributed by atoms with Gasteiger partial charge in [-0.25, -0.2) is 0 Å². The van der Waals surface area contributed by atoms with Gasteiger partial charge in [-0.3, -0.25) is 0 Å². The zero-order valence-corrected chi connectivity index (χ0v) is 11.8. The lowest BCUT2D eigenvalue weighted by Gasteiger charge is -2.25. The normalized spacial score (nSPS) is 11.8. The van der Waals surface area contributed by atoms with Crippen molar-refractivity contribution in [3.05, 3.63) is 33.8 Å². The van der Waals surface area contributed by atoms with Gasteiger partial charge < -0.3 is 5.32 Å². The zero-order chi connectivity index (χ0) is 12.2. The Morgan fingerprint density at radius 1 is 1.25 bits per heavy atom. The molecule has 0 atom stereocenters. The summed E-state index contributed by atoms with van der Waals surface area (Å²) in [4.78, 5) is 0. The number of alkyl halides is 1. The van der Waals surface area contributed by atoms with E-state index in [-0.39, 0.29) is 5.54 Å². The van der Waals surface area contributed by atoms with Crippen LogP contribution in [-0.2, 0) is 6.54 Å². The molecule has 1 nitrogen and oxygen atoms in total. The summed E-state index contributed by atoms with van der Waals surface area (Å²) in [7, 11) is 0. The van der Waals surface area contributed by atoms with Crippen molar-refractivity contribution < 1.29 is 0 Å². The van der Waals surface area contributed by atoms with Crippen LogP contribution in [0.25, 0.3) is 0 Å². The summed E-state index contributed by atoms with van der Waals surface area (Å²) in [5, 5.41) is 4.78. The monoisotopic (exact) mass is 279 g/mol. The highest BCUT2D eigenvalue weighted by molar-refractivity contribution is 6.35. The van der Waals surface area contributed by atoms with Crippen molar-refractivity contribution in [2.75, 3.05) is 5.88 Å². The quantitative estimate of drug-likeness (QED) is 0.784. The third-order valence-electron chi connectivity index (χ3n) is 2.49. The Kier molecular flexibility index (Phi) is 5.39. The van der Waals surface area contributed by atoms with Crippen LogP contribution in [-0.4, -0.2) is 11.4 Å². The molecule has 0 saturated heterocycles. The van der Waals surface area contributed by atoms with Gasteiger partial charge in [-0.05, 0) is 38.0 Å². The Morgan fingerprint density at radius 2 is 1.94 bits per heavy atom. The van der Waals surface area contributed by atoms with Gasteiger partial charge >= 0.3 is 0 Å². The molecule has 1 rings (SSSR count). The maximum Gasteiger partial charge on any atom is 0.0465 e. The van der Waals surface area contributed by atoms with Gasteiger partial charge in [0.15, 0.2) is 0 Å². The molecule has 1 aromatic rings. The first-order valence-corrected chi connectivity index (χ1v) is 6.48. The van der Waals surface area contributed by atoms with E-state index in [4.69, 9.17) is 34.8 Å². The molecule has 0 aliphatic heterocycles. The number of nitrogens with one attached hydrogen (secondary N) is 1. The van der Waals surface area contributed by atoms with Crippen LogP contribution in [0.4, 0.5) is 0 Å². The molecule has 0 aromatic heterocycles. The molecule has 4 heteroatoms. The van der Waals surface area contributed by atoms with Gasteiger partial charge in [0.2, 0.25) is 0 Å². The van der Waals surface area contributed by atoms with Crippen molar-refractivity contribution >= 4 is 34.8 Å². The van der Waals surface area contributed by atoms with Gasteiger partial charge in [0.05, 0.1) is 0 Å². The molecule has 1 N–H and O–H groups in total. The fraction of sp³-hybridized carbons (Fsp3) is 0.500. The molecule has 16 heavy (non-hydrogen) atoms. The van der Waals surface area contributed by atoms with Crippen molar-refractivity contribution in [2.45, 2.75) is 32.4 Å². The van der Waals surface area contributed by atoms with Crippen LogP contribution < -0.4 is 5.32 Å². The average Bonchev–Trinajstić information content (AvgIpc) is 2.16. The number of benzene rings is 1. The molecule has 0 bridgehead atoms. The summed E-state index contributed by atoms with van der Waals surface area (Å²) in [6.07, 6.45) is 0.916. The number of halogens is 3. The molecule has 1 aromatic carbocycles. The summed E-state index contributed by atoms with van der Waals surface area (Å²) in [5.41, 5.74) is 1.07. The predicted molar refractivity (Wildman–Crippen MR) is 72.7 cm³/mol. The van der Waals surface area contributed by atoms with Crippen molar-refractivity contribution in [1.82, 2.24) is 5.32 Å². The Bertz CT molecular complexity index is 350. The second kappa shape index (κ2) is 6.11. The fourth-order valence-electron chi connectivity index (χ4n) is 1.32. The lowest BCUT2D eigenvalue weighted by Crippen LogP contribution is -2.39. The maximum absolute atomic E-state index is 6.08. The van der Waals surface area contributed by atoms with Gasteiger partial charge in [0.1, 0.15) is 0 Å². The molecule has 0 spiro atoms. The molecule has 90 valence electrons. The molecule has 0 saturated carbocycles. The van der Waals surface area contributed by atoms with Crippen LogP contribution in [0.3, 0.4) is 0 Å². The van der Waals surface area contributed by atoms with Crippen LogP contribution in [0.15, 0.2) is 18.2 Å². The van der Waals surface area contributed by atoms with Crippen molar-refractivity contribution in [3.63, 3.8) is 0 Å². The molecule has 0 heterocycles. The van der Waals surface area contributed by atoms with E-state index in [0.717, 1.165) is 18.5 Å². The molecule has 0 radical (unpaired) electrons. The second-order valence-electron chi connectivity index (χ2n) is 4.41. The molecule has 0 aliphatic rings. The lowest BCUT2D eigenvalue weighted by molar-refractivity contribution is 0.376. The fourth-order valence-corrected chi connectivity index (χ4v) is 2.27. The summed E-state index contributed by atoms with van der Waals surface area (Å²) in [5.74, 6) is 0.647. The molecule has 0 fully saturated rings. The second-order valence-corrected chi connectivity index (χ2v) is 5.63. The third-order valence-corrected chi connectivity index (χ3v) is 3.27. The Morgan fingerprint density at radius 3 is 2.50 bits per heavy atom. The zero-order valence-electron chi connectivity index (χ0n) is 9.49. The van der Waals surface area contributed by atoms with E-state index in [1.54, 1.807) is 6.07 Å². The first-order chi connectivity index (χ1) is 7.44. The molecule has 0 unspecified atom stereocenters. The van der Waals surface area contributed by atoms with E-state index in [2.05, 4.69) is 19.2 Å². The summed E-state index contributed by atoms with van der Waals surface area (Å²) < 4.78 is 0. The lowest BCUT2D eigenvalue weighted by atomic mass is 10.0. The van der Waals surface area contributed by atoms with Crippen LogP contribution in [0.1, 0.15) is 25.8 Å². The maximum atomic E-state index is 6.08. The standard InChI is InChI=1S/C12H16Cl3N/c1-12(2,5-6-13)16-8-9-3-4-10(14)7-11(9)15/h3-4,7,16H,5-6,8H2,1-2H3. The summed E-state index contributed by atoms with van der Waals surface area (Å²) in [6.45, 7) is 4.97. The SMILES string of the molecule is CC(C)(CCCl)NCc1ccc(Cl)cc1Cl. The highest BCUT2D eigenvalue weighted by Crippen LogP contribution is 2.21. The number of rotatable bonds is 5. The van der Waals surface area contributed by atoms with E-state index >= 15 is 0 Å². The summed E-state index contributed by atoms with van der Waals surface area (Å²) >= 11 is 17.7. The minimum absolute atomic E-state index is 0.0186. The van der Waals surface area contributed by atoms with Gasteiger partial charge in [-0.15, -0.1) is 11.6 Å². The minimum Gasteiger partial charge on any atom is -0.308 e. The van der Waals surface area contributed by atoms with Crippen molar-refractivity contribution in [1.29, 1.82) is 0 Å². The predicted octanol–water partition coefficient (Wildman–Crippen LogP) is 4.49. The van der Waals surface area contributed by atoms with E-state index in [1.807, 2.05) is 12.1 Å². The average molecular weight is 281 g/mol. The highest BCUT2D eigenvalue weighted by atomic mass is 35.5. The van der Waals surface area contributed by atoms with Crippen LogP contribution >= 0.6 is 34.8 Å². The van der Waals surface area contributed by atoms with Crippen LogP contribution in [0, 0.1) is 0 Å². The van der Waals surface area contributed by atoms with Gasteiger partial charge in [0.25, 0.3) is 0 Å². The number of hydrogen-bond acceptors (Lipinski definition) is 1. The third kappa shape index (κ3) is 4.50. The van der Waals surface area contributed by atoms with Crippen LogP contribution in [0.2, 0.25) is 10.0 Å². The van der Waals surface area contributed by atoms with E-state index in [9.17, 15) is 0 Å². The van der Waals surface area contributed by atoms with E-state index < -0.39 is 0 Å². The topological polar surface area (TPSA) is 12.0 Å².